The molecule has 0 fully saturated rings. The Morgan fingerprint density at radius 1 is 0.941 bits per heavy atom. The maximum absolute atomic E-state index is 10.8. The molecule has 17 heavy (non-hydrogen) atoms. The first-order valence-corrected chi connectivity index (χ1v) is 5.59. The molecule has 2 nitrogen and oxygen atoms in total. The average Bonchev–Trinajstić information content (AvgIpc) is 2.30. The molecule has 0 aromatic heterocycles. The number of amides is 1. The molecule has 0 unspecified atom stereocenters. The molecule has 0 atom stereocenters. The Bertz CT molecular complexity index is 512. The fourth-order valence-electron chi connectivity index (χ4n) is 1.76. The van der Waals surface area contributed by atoms with Crippen LogP contribution in [0.3, 0.4) is 0 Å². The number of hydrogen-bond donors (Lipinski definition) is 1. The van der Waals surface area contributed by atoms with E-state index in [0.717, 1.165) is 11.1 Å². The van der Waals surface area contributed by atoms with Gasteiger partial charge in [0.05, 0.1) is 6.42 Å². The van der Waals surface area contributed by atoms with Crippen LogP contribution < -0.4 is 5.73 Å². The Morgan fingerprint density at radius 2 is 1.41 bits per heavy atom. The van der Waals surface area contributed by atoms with Crippen LogP contribution >= 0.6 is 0 Å². The van der Waals surface area contributed by atoms with Crippen molar-refractivity contribution in [3.8, 4) is 11.1 Å². The Morgan fingerprint density at radius 3 is 1.88 bits per heavy atom. The highest BCUT2D eigenvalue weighted by molar-refractivity contribution is 5.77. The minimum Gasteiger partial charge on any atom is -0.369 e. The summed E-state index contributed by atoms with van der Waals surface area (Å²) in [6, 6.07) is 16.3. The molecule has 1 amide bonds. The van der Waals surface area contributed by atoms with E-state index in [1.807, 2.05) is 24.3 Å². The Kier molecular flexibility index (Phi) is 3.24. The first-order valence-electron chi connectivity index (χ1n) is 5.59. The number of nitrogens with two attached hydrogens (primary N) is 1. The molecular weight excluding hydrogens is 210 g/mol. The Hall–Kier alpha value is -2.09. The second-order valence-electron chi connectivity index (χ2n) is 4.21. The summed E-state index contributed by atoms with van der Waals surface area (Å²) in [7, 11) is 0. The van der Waals surface area contributed by atoms with Gasteiger partial charge in [-0.3, -0.25) is 4.79 Å². The van der Waals surface area contributed by atoms with E-state index in [0.29, 0.717) is 6.42 Å². The normalized spacial score (nSPS) is 10.2. The highest BCUT2D eigenvalue weighted by atomic mass is 16.1. The smallest absolute Gasteiger partial charge is 0.221 e. The molecule has 0 bridgehead atoms. The number of hydrogen-bond acceptors (Lipinski definition) is 1. The quantitative estimate of drug-likeness (QED) is 0.857. The SMILES string of the molecule is Cc1ccc(-c2ccc(CC(N)=O)cc2)cc1. The molecule has 2 N–H and O–H groups in total. The maximum Gasteiger partial charge on any atom is 0.221 e. The summed E-state index contributed by atoms with van der Waals surface area (Å²) in [4.78, 5) is 10.8. The second-order valence-corrected chi connectivity index (χ2v) is 4.21. The van der Waals surface area contributed by atoms with Gasteiger partial charge < -0.3 is 5.73 Å². The number of rotatable bonds is 3. The highest BCUT2D eigenvalue weighted by Gasteiger charge is 2.00. The second kappa shape index (κ2) is 4.83. The van der Waals surface area contributed by atoms with Crippen molar-refractivity contribution in [1.82, 2.24) is 0 Å². The van der Waals surface area contributed by atoms with Crippen molar-refractivity contribution in [3.63, 3.8) is 0 Å². The summed E-state index contributed by atoms with van der Waals surface area (Å²) in [6.45, 7) is 2.07. The standard InChI is InChI=1S/C15H15NO/c1-11-2-6-13(7-3-11)14-8-4-12(5-9-14)10-15(16)17/h2-9H,10H2,1H3,(H2,16,17). The number of aryl methyl sites for hydroxylation is 1. The molecule has 2 heteroatoms. The molecule has 2 aromatic rings. The Balaban J connectivity index is 2.23. The first kappa shape index (κ1) is 11.4. The van der Waals surface area contributed by atoms with Gasteiger partial charge in [-0.1, -0.05) is 54.1 Å². The van der Waals surface area contributed by atoms with Crippen LogP contribution in [0.25, 0.3) is 11.1 Å². The lowest BCUT2D eigenvalue weighted by atomic mass is 10.0. The van der Waals surface area contributed by atoms with E-state index in [1.165, 1.54) is 11.1 Å². The van der Waals surface area contributed by atoms with Crippen LogP contribution in [0.2, 0.25) is 0 Å². The van der Waals surface area contributed by atoms with Crippen LogP contribution in [0, 0.1) is 6.92 Å². The van der Waals surface area contributed by atoms with Crippen LogP contribution in [0.5, 0.6) is 0 Å². The van der Waals surface area contributed by atoms with E-state index < -0.39 is 0 Å². The van der Waals surface area contributed by atoms with Crippen LogP contribution in [0.1, 0.15) is 11.1 Å². The van der Waals surface area contributed by atoms with Crippen molar-refractivity contribution in [2.24, 2.45) is 5.73 Å². The largest absolute Gasteiger partial charge is 0.369 e. The highest BCUT2D eigenvalue weighted by Crippen LogP contribution is 2.20. The summed E-state index contributed by atoms with van der Waals surface area (Å²) in [5.74, 6) is -0.298. The number of carbonyl (C=O) groups excluding carboxylic acids is 1. The lowest BCUT2D eigenvalue weighted by molar-refractivity contribution is -0.117. The molecular formula is C15H15NO. The molecule has 2 aromatic carbocycles. The summed E-state index contributed by atoms with van der Waals surface area (Å²) in [5.41, 5.74) is 9.69. The average molecular weight is 225 g/mol. The predicted molar refractivity (Wildman–Crippen MR) is 69.5 cm³/mol. The van der Waals surface area contributed by atoms with E-state index >= 15 is 0 Å². The van der Waals surface area contributed by atoms with Crippen molar-refractivity contribution in [2.75, 3.05) is 0 Å². The van der Waals surface area contributed by atoms with Gasteiger partial charge in [-0.25, -0.2) is 0 Å². The fraction of sp³-hybridized carbons (Fsp3) is 0.133. The van der Waals surface area contributed by atoms with E-state index in [9.17, 15) is 4.79 Å². The molecule has 2 rings (SSSR count). The van der Waals surface area contributed by atoms with Gasteiger partial charge in [-0.2, -0.15) is 0 Å². The van der Waals surface area contributed by atoms with Gasteiger partial charge in [0.2, 0.25) is 5.91 Å². The minimum absolute atomic E-state index is 0.298. The monoisotopic (exact) mass is 225 g/mol. The zero-order valence-corrected chi connectivity index (χ0v) is 9.81. The first-order chi connectivity index (χ1) is 8.15. The van der Waals surface area contributed by atoms with Gasteiger partial charge in [0, 0.05) is 0 Å². The van der Waals surface area contributed by atoms with Crippen molar-refractivity contribution < 1.29 is 4.79 Å². The lowest BCUT2D eigenvalue weighted by Crippen LogP contribution is -2.13. The van der Waals surface area contributed by atoms with Crippen molar-refractivity contribution >= 4 is 5.91 Å². The fourth-order valence-corrected chi connectivity index (χ4v) is 1.76. The summed E-state index contributed by atoms with van der Waals surface area (Å²) < 4.78 is 0. The molecule has 0 saturated carbocycles. The van der Waals surface area contributed by atoms with E-state index in [-0.39, 0.29) is 5.91 Å². The van der Waals surface area contributed by atoms with Gasteiger partial charge >= 0.3 is 0 Å². The van der Waals surface area contributed by atoms with Crippen LogP contribution in [-0.2, 0) is 11.2 Å². The minimum atomic E-state index is -0.298. The van der Waals surface area contributed by atoms with Crippen LogP contribution in [0.4, 0.5) is 0 Å². The molecule has 0 aliphatic carbocycles. The third-order valence-electron chi connectivity index (χ3n) is 2.72. The van der Waals surface area contributed by atoms with E-state index in [1.54, 1.807) is 0 Å². The van der Waals surface area contributed by atoms with Crippen molar-refractivity contribution in [3.05, 3.63) is 59.7 Å². The van der Waals surface area contributed by atoms with Crippen molar-refractivity contribution in [1.29, 1.82) is 0 Å². The number of carbonyl (C=O) groups is 1. The third kappa shape index (κ3) is 2.94. The van der Waals surface area contributed by atoms with Crippen LogP contribution in [0.15, 0.2) is 48.5 Å². The van der Waals surface area contributed by atoms with E-state index in [4.69, 9.17) is 5.73 Å². The number of primary amides is 1. The zero-order valence-electron chi connectivity index (χ0n) is 9.81. The van der Waals surface area contributed by atoms with Gasteiger partial charge in [-0.05, 0) is 23.6 Å². The zero-order chi connectivity index (χ0) is 12.3. The molecule has 0 spiro atoms. The van der Waals surface area contributed by atoms with Gasteiger partial charge in [-0.15, -0.1) is 0 Å². The third-order valence-corrected chi connectivity index (χ3v) is 2.72. The molecule has 0 heterocycles. The lowest BCUT2D eigenvalue weighted by Gasteiger charge is -2.04. The summed E-state index contributed by atoms with van der Waals surface area (Å²) >= 11 is 0. The molecule has 0 radical (unpaired) electrons. The molecule has 0 saturated heterocycles. The molecule has 86 valence electrons. The van der Waals surface area contributed by atoms with Gasteiger partial charge in [0.1, 0.15) is 0 Å². The van der Waals surface area contributed by atoms with Crippen LogP contribution in [-0.4, -0.2) is 5.91 Å². The predicted octanol–water partition coefficient (Wildman–Crippen LogP) is 2.69. The molecule has 0 aliphatic heterocycles. The topological polar surface area (TPSA) is 43.1 Å². The van der Waals surface area contributed by atoms with E-state index in [2.05, 4.69) is 31.2 Å². The number of benzene rings is 2. The maximum atomic E-state index is 10.8. The summed E-state index contributed by atoms with van der Waals surface area (Å²) in [6.07, 6.45) is 0.300. The molecule has 0 aliphatic rings. The van der Waals surface area contributed by atoms with Gasteiger partial charge in [0.15, 0.2) is 0 Å². The Labute approximate surface area is 101 Å². The van der Waals surface area contributed by atoms with Gasteiger partial charge in [0.25, 0.3) is 0 Å². The van der Waals surface area contributed by atoms with Crippen molar-refractivity contribution in [2.45, 2.75) is 13.3 Å². The summed E-state index contributed by atoms with van der Waals surface area (Å²) in [5, 5.41) is 0.